The standard InChI is InChI=1S/C22H23N3O2S/c1-26-17-10-11-20(27-2)18(15-17)21-19-9-6-12-24(19)13-14-25(21)22(28)23-16-7-4-3-5-8-16/h3-12,15,21H,13-14H2,1-2H3,(H,23,28)/t21-/m1/s1. The van der Waals surface area contributed by atoms with E-state index >= 15 is 0 Å². The van der Waals surface area contributed by atoms with Crippen LogP contribution in [0.15, 0.2) is 66.9 Å². The zero-order valence-corrected chi connectivity index (χ0v) is 16.8. The SMILES string of the molecule is COc1ccc(OC)c([C@@H]2c3cccn3CCN2C(=S)Nc2ccccc2)c1. The van der Waals surface area contributed by atoms with Gasteiger partial charge in [-0.1, -0.05) is 18.2 Å². The Hall–Kier alpha value is -2.99. The second kappa shape index (κ2) is 7.94. The van der Waals surface area contributed by atoms with Crippen molar-refractivity contribution >= 4 is 23.0 Å². The van der Waals surface area contributed by atoms with Crippen molar-refractivity contribution in [2.24, 2.45) is 0 Å². The average Bonchev–Trinajstić information content (AvgIpc) is 3.22. The number of benzene rings is 2. The third-order valence-corrected chi connectivity index (χ3v) is 5.39. The zero-order valence-electron chi connectivity index (χ0n) is 16.0. The summed E-state index contributed by atoms with van der Waals surface area (Å²) >= 11 is 5.81. The van der Waals surface area contributed by atoms with Crippen LogP contribution in [0.3, 0.4) is 0 Å². The van der Waals surface area contributed by atoms with Gasteiger partial charge in [-0.05, 0) is 54.7 Å². The van der Waals surface area contributed by atoms with Crippen LogP contribution in [0.4, 0.5) is 5.69 Å². The number of hydrogen-bond acceptors (Lipinski definition) is 3. The van der Waals surface area contributed by atoms with Crippen LogP contribution in [-0.2, 0) is 6.54 Å². The fourth-order valence-electron chi connectivity index (χ4n) is 3.70. The fourth-order valence-corrected chi connectivity index (χ4v) is 4.01. The average molecular weight is 394 g/mol. The summed E-state index contributed by atoms with van der Waals surface area (Å²) in [5, 5.41) is 4.06. The number of thiocarbonyl (C=S) groups is 1. The molecule has 1 N–H and O–H groups in total. The highest BCUT2D eigenvalue weighted by atomic mass is 32.1. The van der Waals surface area contributed by atoms with Crippen LogP contribution in [0.25, 0.3) is 0 Å². The van der Waals surface area contributed by atoms with Gasteiger partial charge < -0.3 is 24.3 Å². The summed E-state index contributed by atoms with van der Waals surface area (Å²) < 4.78 is 13.4. The molecule has 144 valence electrons. The number of methoxy groups -OCH3 is 2. The Morgan fingerprint density at radius 3 is 2.57 bits per heavy atom. The van der Waals surface area contributed by atoms with Crippen molar-refractivity contribution in [3.05, 3.63) is 78.1 Å². The van der Waals surface area contributed by atoms with E-state index in [0.29, 0.717) is 5.11 Å². The Balaban J connectivity index is 1.76. The van der Waals surface area contributed by atoms with Crippen molar-refractivity contribution in [1.82, 2.24) is 9.47 Å². The zero-order chi connectivity index (χ0) is 19.5. The van der Waals surface area contributed by atoms with Gasteiger partial charge in [0.2, 0.25) is 0 Å². The number of anilines is 1. The van der Waals surface area contributed by atoms with Crippen LogP contribution in [0, 0.1) is 0 Å². The molecule has 6 heteroatoms. The first kappa shape index (κ1) is 18.4. The van der Waals surface area contributed by atoms with Gasteiger partial charge in [0.25, 0.3) is 0 Å². The molecule has 1 aliphatic heterocycles. The lowest BCUT2D eigenvalue weighted by atomic mass is 9.99. The van der Waals surface area contributed by atoms with E-state index in [9.17, 15) is 0 Å². The van der Waals surface area contributed by atoms with E-state index < -0.39 is 0 Å². The van der Waals surface area contributed by atoms with E-state index in [-0.39, 0.29) is 6.04 Å². The molecule has 0 spiro atoms. The third-order valence-electron chi connectivity index (χ3n) is 5.06. The number of ether oxygens (including phenoxy) is 2. The van der Waals surface area contributed by atoms with Gasteiger partial charge in [0.05, 0.1) is 14.2 Å². The first-order valence-corrected chi connectivity index (χ1v) is 9.61. The molecule has 3 aromatic rings. The molecule has 0 radical (unpaired) electrons. The normalized spacial score (nSPS) is 15.6. The van der Waals surface area contributed by atoms with Crippen LogP contribution in [0.1, 0.15) is 17.3 Å². The molecule has 2 aromatic carbocycles. The number of hydrogen-bond donors (Lipinski definition) is 1. The van der Waals surface area contributed by atoms with Gasteiger partial charge in [-0.15, -0.1) is 0 Å². The summed E-state index contributed by atoms with van der Waals surface area (Å²) in [6.07, 6.45) is 2.11. The van der Waals surface area contributed by atoms with Crippen LogP contribution < -0.4 is 14.8 Å². The summed E-state index contributed by atoms with van der Waals surface area (Å²) in [5.74, 6) is 1.61. The summed E-state index contributed by atoms with van der Waals surface area (Å²) in [6, 6.07) is 20.0. The van der Waals surface area contributed by atoms with Crippen molar-refractivity contribution in [3.63, 3.8) is 0 Å². The van der Waals surface area contributed by atoms with Crippen molar-refractivity contribution < 1.29 is 9.47 Å². The minimum absolute atomic E-state index is 0.0717. The molecule has 1 aromatic heterocycles. The quantitative estimate of drug-likeness (QED) is 0.669. The van der Waals surface area contributed by atoms with Crippen LogP contribution in [0.5, 0.6) is 11.5 Å². The molecular weight excluding hydrogens is 370 g/mol. The molecule has 0 amide bonds. The maximum Gasteiger partial charge on any atom is 0.174 e. The van der Waals surface area contributed by atoms with Gasteiger partial charge in [0.15, 0.2) is 5.11 Å². The molecule has 1 atom stereocenters. The smallest absolute Gasteiger partial charge is 0.174 e. The highest BCUT2D eigenvalue weighted by Gasteiger charge is 2.32. The van der Waals surface area contributed by atoms with E-state index in [2.05, 4.69) is 33.1 Å². The highest BCUT2D eigenvalue weighted by molar-refractivity contribution is 7.80. The van der Waals surface area contributed by atoms with E-state index in [0.717, 1.165) is 35.8 Å². The molecular formula is C22H23N3O2S. The van der Waals surface area contributed by atoms with Gasteiger partial charge in [-0.25, -0.2) is 0 Å². The summed E-state index contributed by atoms with van der Waals surface area (Å²) in [5.41, 5.74) is 3.18. The van der Waals surface area contributed by atoms with Crippen molar-refractivity contribution in [3.8, 4) is 11.5 Å². The second-order valence-corrected chi connectivity index (χ2v) is 7.01. The Labute approximate surface area is 170 Å². The molecule has 2 heterocycles. The van der Waals surface area contributed by atoms with E-state index in [4.69, 9.17) is 21.7 Å². The lowest BCUT2D eigenvalue weighted by molar-refractivity contribution is 0.284. The van der Waals surface area contributed by atoms with Gasteiger partial charge >= 0.3 is 0 Å². The van der Waals surface area contributed by atoms with Crippen molar-refractivity contribution in [1.29, 1.82) is 0 Å². The third kappa shape index (κ3) is 3.43. The number of fused-ring (bicyclic) bond motifs is 1. The maximum atomic E-state index is 5.81. The number of aromatic nitrogens is 1. The molecule has 1 aliphatic rings. The number of para-hydroxylation sites is 1. The molecule has 0 aliphatic carbocycles. The first-order chi connectivity index (χ1) is 13.7. The summed E-state index contributed by atoms with van der Waals surface area (Å²) in [6.45, 7) is 1.67. The number of nitrogens with zero attached hydrogens (tertiary/aromatic N) is 2. The predicted octanol–water partition coefficient (Wildman–Crippen LogP) is 4.31. The maximum absolute atomic E-state index is 5.81. The fraction of sp³-hybridized carbons (Fsp3) is 0.227. The summed E-state index contributed by atoms with van der Waals surface area (Å²) in [4.78, 5) is 2.22. The van der Waals surface area contributed by atoms with Gasteiger partial charge in [-0.3, -0.25) is 0 Å². The lowest BCUT2D eigenvalue weighted by Gasteiger charge is -2.39. The van der Waals surface area contributed by atoms with Crippen LogP contribution >= 0.6 is 12.2 Å². The molecule has 4 rings (SSSR count). The molecule has 0 bridgehead atoms. The van der Waals surface area contributed by atoms with Gasteiger partial charge in [0.1, 0.15) is 17.5 Å². The topological polar surface area (TPSA) is 38.7 Å². The minimum atomic E-state index is -0.0717. The Kier molecular flexibility index (Phi) is 5.21. The van der Waals surface area contributed by atoms with E-state index in [1.807, 2.05) is 48.5 Å². The van der Waals surface area contributed by atoms with Crippen LogP contribution in [-0.4, -0.2) is 35.3 Å². The Bertz CT molecular complexity index is 971. The van der Waals surface area contributed by atoms with Gasteiger partial charge in [0, 0.05) is 36.2 Å². The van der Waals surface area contributed by atoms with E-state index in [1.165, 1.54) is 5.69 Å². The summed E-state index contributed by atoms with van der Waals surface area (Å²) in [7, 11) is 3.37. The van der Waals surface area contributed by atoms with Gasteiger partial charge in [-0.2, -0.15) is 0 Å². The molecule has 0 saturated carbocycles. The first-order valence-electron chi connectivity index (χ1n) is 9.21. The molecule has 0 unspecified atom stereocenters. The Morgan fingerprint density at radius 2 is 1.82 bits per heavy atom. The molecule has 28 heavy (non-hydrogen) atoms. The highest BCUT2D eigenvalue weighted by Crippen LogP contribution is 2.39. The predicted molar refractivity (Wildman–Crippen MR) is 115 cm³/mol. The largest absolute Gasteiger partial charge is 0.497 e. The second-order valence-electron chi connectivity index (χ2n) is 6.63. The molecule has 0 saturated heterocycles. The monoisotopic (exact) mass is 393 g/mol. The minimum Gasteiger partial charge on any atom is -0.497 e. The van der Waals surface area contributed by atoms with E-state index in [1.54, 1.807) is 14.2 Å². The van der Waals surface area contributed by atoms with Crippen molar-refractivity contribution in [2.75, 3.05) is 26.1 Å². The molecule has 5 nitrogen and oxygen atoms in total. The van der Waals surface area contributed by atoms with Crippen LogP contribution in [0.2, 0.25) is 0 Å². The number of nitrogens with one attached hydrogen (secondary N) is 1. The lowest BCUT2D eigenvalue weighted by Crippen LogP contribution is -2.44. The number of rotatable bonds is 4. The molecule has 0 fully saturated rings. The van der Waals surface area contributed by atoms with Crippen molar-refractivity contribution in [2.45, 2.75) is 12.6 Å². The Morgan fingerprint density at radius 1 is 1.00 bits per heavy atom.